The zero-order valence-electron chi connectivity index (χ0n) is 16.8. The minimum absolute atomic E-state index is 0.146. The Morgan fingerprint density at radius 2 is 2.00 bits per heavy atom. The number of sulfonamides is 1. The summed E-state index contributed by atoms with van der Waals surface area (Å²) >= 11 is 3.19. The first kappa shape index (κ1) is 21.3. The van der Waals surface area contributed by atoms with Crippen molar-refractivity contribution in [3.8, 4) is 0 Å². The maximum Gasteiger partial charge on any atom is 0.243 e. The normalized spacial score (nSPS) is 17.9. The second-order valence-electron chi connectivity index (χ2n) is 7.37. The number of thioether (sulfide) groups is 1. The van der Waals surface area contributed by atoms with Crippen LogP contribution in [-0.2, 0) is 14.8 Å². The van der Waals surface area contributed by atoms with E-state index >= 15 is 0 Å². The molecule has 1 amide bonds. The lowest BCUT2D eigenvalue weighted by Crippen LogP contribution is -2.43. The highest BCUT2D eigenvalue weighted by Gasteiger charge is 2.33. The van der Waals surface area contributed by atoms with Crippen LogP contribution in [0.3, 0.4) is 0 Å². The molecule has 6 nitrogen and oxygen atoms in total. The average molecular weight is 462 g/mol. The van der Waals surface area contributed by atoms with Crippen molar-refractivity contribution in [3.05, 3.63) is 48.0 Å². The topological polar surface area (TPSA) is 79.4 Å². The highest BCUT2D eigenvalue weighted by molar-refractivity contribution is 8.00. The Hall–Kier alpha value is -1.94. The van der Waals surface area contributed by atoms with Gasteiger partial charge in [0, 0.05) is 18.8 Å². The number of nitrogens with zero attached hydrogens (tertiary/aromatic N) is 2. The highest BCUT2D eigenvalue weighted by Crippen LogP contribution is 2.31. The van der Waals surface area contributed by atoms with Crippen LogP contribution in [0, 0.1) is 12.8 Å². The summed E-state index contributed by atoms with van der Waals surface area (Å²) in [7, 11) is -3.60. The third kappa shape index (κ3) is 4.39. The number of thiazole rings is 1. The van der Waals surface area contributed by atoms with Gasteiger partial charge in [-0.25, -0.2) is 13.4 Å². The number of aryl methyl sites for hydroxylation is 1. The molecular formula is C21H23N3O3S3. The molecule has 158 valence electrons. The van der Waals surface area contributed by atoms with Crippen LogP contribution in [0.1, 0.15) is 18.4 Å². The molecule has 1 aromatic heterocycles. The molecule has 1 saturated heterocycles. The number of rotatable bonds is 5. The van der Waals surface area contributed by atoms with Crippen molar-refractivity contribution in [2.75, 3.05) is 24.7 Å². The number of hydrogen-bond acceptors (Lipinski definition) is 6. The summed E-state index contributed by atoms with van der Waals surface area (Å²) in [6, 6.07) is 12.5. The Morgan fingerprint density at radius 1 is 1.23 bits per heavy atom. The van der Waals surface area contributed by atoms with Crippen LogP contribution < -0.4 is 5.32 Å². The molecule has 1 atom stereocenters. The van der Waals surface area contributed by atoms with Gasteiger partial charge in [0.05, 0.1) is 21.0 Å². The van der Waals surface area contributed by atoms with E-state index in [-0.39, 0.29) is 23.3 Å². The number of fused-ring (bicyclic) bond motifs is 1. The monoisotopic (exact) mass is 461 g/mol. The van der Waals surface area contributed by atoms with E-state index in [9.17, 15) is 13.2 Å². The predicted molar refractivity (Wildman–Crippen MR) is 123 cm³/mol. The molecule has 0 aliphatic carbocycles. The second-order valence-corrected chi connectivity index (χ2v) is 11.4. The van der Waals surface area contributed by atoms with Crippen LogP contribution in [0.5, 0.6) is 0 Å². The van der Waals surface area contributed by atoms with E-state index < -0.39 is 10.0 Å². The van der Waals surface area contributed by atoms with Gasteiger partial charge in [0.1, 0.15) is 0 Å². The summed E-state index contributed by atoms with van der Waals surface area (Å²) in [4.78, 5) is 17.7. The van der Waals surface area contributed by atoms with Crippen LogP contribution in [0.25, 0.3) is 10.2 Å². The van der Waals surface area contributed by atoms with Gasteiger partial charge >= 0.3 is 0 Å². The molecule has 2 heterocycles. The molecule has 4 rings (SSSR count). The minimum Gasteiger partial charge on any atom is -0.326 e. The molecule has 1 aliphatic rings. The molecule has 1 fully saturated rings. The molecule has 0 spiro atoms. The maximum atomic E-state index is 13.0. The Labute approximate surface area is 184 Å². The molecule has 0 radical (unpaired) electrons. The summed E-state index contributed by atoms with van der Waals surface area (Å²) in [5.41, 5.74) is 2.63. The number of carbonyl (C=O) groups excluding carboxylic acids is 1. The van der Waals surface area contributed by atoms with Crippen molar-refractivity contribution in [2.45, 2.75) is 29.0 Å². The Morgan fingerprint density at radius 3 is 2.73 bits per heavy atom. The molecule has 1 N–H and O–H groups in total. The molecule has 1 aliphatic heterocycles. The molecular weight excluding hydrogens is 438 g/mol. The van der Waals surface area contributed by atoms with Crippen LogP contribution in [0.4, 0.5) is 5.69 Å². The van der Waals surface area contributed by atoms with Crippen LogP contribution in [0.2, 0.25) is 0 Å². The molecule has 3 aromatic rings. The largest absolute Gasteiger partial charge is 0.326 e. The zero-order valence-corrected chi connectivity index (χ0v) is 19.2. The summed E-state index contributed by atoms with van der Waals surface area (Å²) in [6.07, 6.45) is 3.32. The van der Waals surface area contributed by atoms with E-state index in [0.717, 1.165) is 20.1 Å². The SMILES string of the molecule is CSc1nc2ccc(NC(=O)C3CCCN(S(=O)(=O)c4ccc(C)cc4)C3)cc2s1. The van der Waals surface area contributed by atoms with Gasteiger partial charge in [-0.05, 0) is 56.4 Å². The number of nitrogens with one attached hydrogen (secondary N) is 1. The average Bonchev–Trinajstić information content (AvgIpc) is 3.16. The van der Waals surface area contributed by atoms with Crippen molar-refractivity contribution in [3.63, 3.8) is 0 Å². The van der Waals surface area contributed by atoms with Crippen molar-refractivity contribution in [1.82, 2.24) is 9.29 Å². The minimum atomic E-state index is -3.60. The van der Waals surface area contributed by atoms with Gasteiger partial charge in [0.2, 0.25) is 15.9 Å². The maximum absolute atomic E-state index is 13.0. The lowest BCUT2D eigenvalue weighted by Gasteiger charge is -2.31. The fraction of sp³-hybridized carbons (Fsp3) is 0.333. The van der Waals surface area contributed by atoms with E-state index in [0.29, 0.717) is 25.1 Å². The quantitative estimate of drug-likeness (QED) is 0.571. The molecule has 0 saturated carbocycles. The van der Waals surface area contributed by atoms with Gasteiger partial charge < -0.3 is 5.32 Å². The summed E-state index contributed by atoms with van der Waals surface area (Å²) in [6.45, 7) is 2.55. The van der Waals surface area contributed by atoms with Crippen molar-refractivity contribution < 1.29 is 13.2 Å². The fourth-order valence-corrected chi connectivity index (χ4v) is 6.60. The molecule has 1 unspecified atom stereocenters. The van der Waals surface area contributed by atoms with Gasteiger partial charge in [0.25, 0.3) is 0 Å². The lowest BCUT2D eigenvalue weighted by molar-refractivity contribution is -0.120. The van der Waals surface area contributed by atoms with Gasteiger partial charge in [-0.15, -0.1) is 11.3 Å². The zero-order chi connectivity index (χ0) is 21.3. The van der Waals surface area contributed by atoms with Crippen molar-refractivity contribution in [2.24, 2.45) is 5.92 Å². The number of hydrogen-bond donors (Lipinski definition) is 1. The van der Waals surface area contributed by atoms with Crippen molar-refractivity contribution >= 4 is 54.9 Å². The second kappa shape index (κ2) is 8.66. The number of carbonyl (C=O) groups is 1. The van der Waals surface area contributed by atoms with Gasteiger partial charge in [-0.1, -0.05) is 29.5 Å². The number of anilines is 1. The number of piperidine rings is 1. The molecule has 9 heteroatoms. The first-order chi connectivity index (χ1) is 14.4. The fourth-order valence-electron chi connectivity index (χ4n) is 3.55. The molecule has 30 heavy (non-hydrogen) atoms. The number of amides is 1. The van der Waals surface area contributed by atoms with E-state index in [1.54, 1.807) is 47.4 Å². The Balaban J connectivity index is 1.47. The van der Waals surface area contributed by atoms with E-state index in [1.165, 1.54) is 4.31 Å². The molecule has 2 aromatic carbocycles. The summed E-state index contributed by atoms with van der Waals surface area (Å²) < 4.78 is 29.4. The van der Waals surface area contributed by atoms with Crippen LogP contribution in [-0.4, -0.2) is 43.0 Å². The van der Waals surface area contributed by atoms with Crippen LogP contribution in [0.15, 0.2) is 51.7 Å². The van der Waals surface area contributed by atoms with Gasteiger partial charge in [-0.3, -0.25) is 4.79 Å². The van der Waals surface area contributed by atoms with Crippen LogP contribution >= 0.6 is 23.1 Å². The molecule has 0 bridgehead atoms. The predicted octanol–water partition coefficient (Wildman–Crippen LogP) is 4.37. The first-order valence-electron chi connectivity index (χ1n) is 9.69. The first-order valence-corrected chi connectivity index (χ1v) is 13.2. The number of benzene rings is 2. The summed E-state index contributed by atoms with van der Waals surface area (Å²) in [5, 5.41) is 2.96. The smallest absolute Gasteiger partial charge is 0.243 e. The lowest BCUT2D eigenvalue weighted by atomic mass is 9.98. The van der Waals surface area contributed by atoms with Gasteiger partial charge in [0.15, 0.2) is 4.34 Å². The summed E-state index contributed by atoms with van der Waals surface area (Å²) in [5.74, 6) is -0.523. The highest BCUT2D eigenvalue weighted by atomic mass is 32.2. The Bertz CT molecular complexity index is 1170. The van der Waals surface area contributed by atoms with E-state index in [2.05, 4.69) is 10.3 Å². The van der Waals surface area contributed by atoms with E-state index in [1.807, 2.05) is 31.4 Å². The third-order valence-electron chi connectivity index (χ3n) is 5.22. The standard InChI is InChI=1S/C21H23N3O3S3/c1-14-5-8-17(9-6-14)30(26,27)24-11-3-4-15(13-24)20(25)22-16-7-10-18-19(12-16)29-21(23-18)28-2/h5-10,12,15H,3-4,11,13H2,1-2H3,(H,22,25). The van der Waals surface area contributed by atoms with E-state index in [4.69, 9.17) is 0 Å². The van der Waals surface area contributed by atoms with Crippen molar-refractivity contribution in [1.29, 1.82) is 0 Å². The number of aromatic nitrogens is 1. The third-order valence-corrected chi connectivity index (χ3v) is 9.11. The van der Waals surface area contributed by atoms with Gasteiger partial charge in [-0.2, -0.15) is 4.31 Å². The Kier molecular flexibility index (Phi) is 6.15.